The highest BCUT2D eigenvalue weighted by atomic mass is 28.4. The van der Waals surface area contributed by atoms with Gasteiger partial charge >= 0.3 is 6.18 Å². The molecule has 4 rings (SSSR count). The van der Waals surface area contributed by atoms with Gasteiger partial charge in [0.05, 0.1) is 24.4 Å². The van der Waals surface area contributed by atoms with Crippen molar-refractivity contribution in [1.29, 1.82) is 0 Å². The Morgan fingerprint density at radius 2 is 1.84 bits per heavy atom. The SMILES string of the molecule is CC(O[Si](C)(C)C(C)(C)C)C1(F)CCN(c2ccc3ncc(C#Cc4cccc(C(F)(F)F)c4)n3n2)C1. The first-order valence-corrected chi connectivity index (χ1v) is 15.2. The normalized spacial score (nSPS) is 19.7. The molecule has 0 radical (unpaired) electrons. The summed E-state index contributed by atoms with van der Waals surface area (Å²) >= 11 is 0. The lowest BCUT2D eigenvalue weighted by atomic mass is 10.00. The van der Waals surface area contributed by atoms with Gasteiger partial charge in [-0.15, -0.1) is 5.10 Å². The summed E-state index contributed by atoms with van der Waals surface area (Å²) in [6.45, 7) is 13.1. The number of benzene rings is 1. The third kappa shape index (κ3) is 5.68. The summed E-state index contributed by atoms with van der Waals surface area (Å²) in [5, 5.41) is 4.61. The standard InChI is InChI=1S/C27H32F4N4OSi/c1-19(36-37(5,6)25(2,3)4)26(28)14-15-34(18-26)24-13-12-23-32-17-22(35(23)33-24)11-10-20-8-7-9-21(16-20)27(29,30)31/h7-9,12-13,16-17,19H,14-15,18H2,1-6H3. The molecule has 198 valence electrons. The Labute approximate surface area is 216 Å². The zero-order valence-corrected chi connectivity index (χ0v) is 22.9. The number of hydrogen-bond acceptors (Lipinski definition) is 4. The zero-order chi connectivity index (χ0) is 27.2. The third-order valence-electron chi connectivity index (χ3n) is 7.45. The van der Waals surface area contributed by atoms with Crippen molar-refractivity contribution in [1.82, 2.24) is 14.6 Å². The fraction of sp³-hybridized carbons (Fsp3) is 0.481. The van der Waals surface area contributed by atoms with E-state index in [1.54, 1.807) is 12.1 Å². The van der Waals surface area contributed by atoms with E-state index in [4.69, 9.17) is 4.43 Å². The van der Waals surface area contributed by atoms with Gasteiger partial charge in [0.15, 0.2) is 19.6 Å². The molecule has 2 atom stereocenters. The van der Waals surface area contributed by atoms with Gasteiger partial charge in [-0.3, -0.25) is 0 Å². The van der Waals surface area contributed by atoms with Crippen molar-refractivity contribution in [2.45, 2.75) is 70.2 Å². The number of anilines is 1. The molecular formula is C27H32F4N4OSi. The first-order chi connectivity index (χ1) is 17.1. The summed E-state index contributed by atoms with van der Waals surface area (Å²) < 4.78 is 63.0. The Balaban J connectivity index is 1.55. The highest BCUT2D eigenvalue weighted by molar-refractivity contribution is 6.74. The largest absolute Gasteiger partial charge is 0.416 e. The molecule has 0 amide bonds. The Bertz CT molecular complexity index is 1350. The molecule has 3 heterocycles. The number of halogens is 4. The van der Waals surface area contributed by atoms with E-state index in [0.717, 1.165) is 12.1 Å². The van der Waals surface area contributed by atoms with Crippen LogP contribution >= 0.6 is 0 Å². The van der Waals surface area contributed by atoms with E-state index in [1.165, 1.54) is 22.8 Å². The van der Waals surface area contributed by atoms with Crippen LogP contribution in [-0.2, 0) is 10.6 Å². The topological polar surface area (TPSA) is 42.7 Å². The van der Waals surface area contributed by atoms with Crippen LogP contribution in [0.2, 0.25) is 18.1 Å². The Hall–Kier alpha value is -2.90. The van der Waals surface area contributed by atoms with Crippen LogP contribution < -0.4 is 4.90 Å². The number of alkyl halides is 4. The predicted molar refractivity (Wildman–Crippen MR) is 139 cm³/mol. The lowest BCUT2D eigenvalue weighted by Crippen LogP contribution is -2.50. The lowest BCUT2D eigenvalue weighted by molar-refractivity contribution is -0.137. The molecule has 1 aliphatic heterocycles. The highest BCUT2D eigenvalue weighted by Gasteiger charge is 2.48. The number of rotatable bonds is 4. The van der Waals surface area contributed by atoms with Gasteiger partial charge in [-0.25, -0.2) is 13.9 Å². The van der Waals surface area contributed by atoms with E-state index in [-0.39, 0.29) is 17.1 Å². The maximum Gasteiger partial charge on any atom is 0.416 e. The molecule has 10 heteroatoms. The Morgan fingerprint density at radius 3 is 2.51 bits per heavy atom. The van der Waals surface area contributed by atoms with Gasteiger partial charge in [0, 0.05) is 18.5 Å². The Kier molecular flexibility index (Phi) is 6.93. The molecule has 0 spiro atoms. The van der Waals surface area contributed by atoms with Crippen LogP contribution in [0.15, 0.2) is 42.6 Å². The highest BCUT2D eigenvalue weighted by Crippen LogP contribution is 2.41. The fourth-order valence-corrected chi connectivity index (χ4v) is 5.52. The molecule has 1 fully saturated rings. The van der Waals surface area contributed by atoms with Crippen LogP contribution in [0.4, 0.5) is 23.4 Å². The molecule has 0 aliphatic carbocycles. The third-order valence-corrected chi connectivity index (χ3v) is 12.0. The molecule has 1 aliphatic rings. The summed E-state index contributed by atoms with van der Waals surface area (Å²) in [5.41, 5.74) is -1.06. The van der Waals surface area contributed by atoms with E-state index >= 15 is 4.39 Å². The van der Waals surface area contributed by atoms with Gasteiger partial charge < -0.3 is 9.33 Å². The van der Waals surface area contributed by atoms with Gasteiger partial charge in [0.1, 0.15) is 11.5 Å². The molecule has 1 aromatic carbocycles. The van der Waals surface area contributed by atoms with Crippen molar-refractivity contribution in [2.75, 3.05) is 18.0 Å². The van der Waals surface area contributed by atoms with Crippen LogP contribution in [0.5, 0.6) is 0 Å². The van der Waals surface area contributed by atoms with E-state index in [1.807, 2.05) is 11.8 Å². The van der Waals surface area contributed by atoms with Gasteiger partial charge in [-0.2, -0.15) is 13.2 Å². The van der Waals surface area contributed by atoms with Gasteiger partial charge in [-0.1, -0.05) is 32.8 Å². The van der Waals surface area contributed by atoms with Crippen LogP contribution in [0, 0.1) is 11.8 Å². The van der Waals surface area contributed by atoms with E-state index < -0.39 is 31.8 Å². The smallest absolute Gasteiger partial charge is 0.411 e. The number of nitrogens with zero attached hydrogens (tertiary/aromatic N) is 4. The molecule has 5 nitrogen and oxygen atoms in total. The number of aromatic nitrogens is 3. The molecular weight excluding hydrogens is 500 g/mol. The predicted octanol–water partition coefficient (Wildman–Crippen LogP) is 6.48. The minimum atomic E-state index is -4.44. The van der Waals surface area contributed by atoms with Crippen molar-refractivity contribution in [2.24, 2.45) is 0 Å². The Morgan fingerprint density at radius 1 is 1.11 bits per heavy atom. The van der Waals surface area contributed by atoms with Crippen LogP contribution in [0.3, 0.4) is 0 Å². The molecule has 2 unspecified atom stereocenters. The van der Waals surface area contributed by atoms with Crippen molar-refractivity contribution in [3.63, 3.8) is 0 Å². The number of hydrogen-bond donors (Lipinski definition) is 0. The molecule has 3 aromatic rings. The molecule has 0 bridgehead atoms. The van der Waals surface area contributed by atoms with Crippen molar-refractivity contribution in [3.05, 3.63) is 59.4 Å². The maximum absolute atomic E-state index is 16.0. The number of imidazole rings is 1. The average molecular weight is 533 g/mol. The second-order valence-electron chi connectivity index (χ2n) is 11.2. The summed E-state index contributed by atoms with van der Waals surface area (Å²) in [5.74, 6) is 6.21. The summed E-state index contributed by atoms with van der Waals surface area (Å²) in [4.78, 5) is 6.17. The molecule has 0 saturated carbocycles. The second-order valence-corrected chi connectivity index (χ2v) is 15.9. The second kappa shape index (κ2) is 9.44. The van der Waals surface area contributed by atoms with Gasteiger partial charge in [-0.05, 0) is 61.3 Å². The molecule has 0 N–H and O–H groups in total. The minimum absolute atomic E-state index is 0.0184. The quantitative estimate of drug-likeness (QED) is 0.219. The zero-order valence-electron chi connectivity index (χ0n) is 21.9. The van der Waals surface area contributed by atoms with E-state index in [2.05, 4.69) is 55.8 Å². The first kappa shape index (κ1) is 27.1. The molecule has 1 saturated heterocycles. The van der Waals surface area contributed by atoms with Crippen LogP contribution in [-0.4, -0.2) is 47.8 Å². The molecule has 2 aromatic heterocycles. The lowest BCUT2D eigenvalue weighted by Gasteiger charge is -2.41. The summed E-state index contributed by atoms with van der Waals surface area (Å²) in [6.07, 6.45) is -3.14. The fourth-order valence-electron chi connectivity index (χ4n) is 4.07. The maximum atomic E-state index is 16.0. The van der Waals surface area contributed by atoms with E-state index in [9.17, 15) is 13.2 Å². The van der Waals surface area contributed by atoms with Gasteiger partial charge in [0.25, 0.3) is 0 Å². The van der Waals surface area contributed by atoms with Crippen LogP contribution in [0.1, 0.15) is 50.9 Å². The summed E-state index contributed by atoms with van der Waals surface area (Å²) in [7, 11) is -2.13. The van der Waals surface area contributed by atoms with Crippen LogP contribution in [0.25, 0.3) is 5.65 Å². The molecule has 37 heavy (non-hydrogen) atoms. The first-order valence-electron chi connectivity index (χ1n) is 12.2. The monoisotopic (exact) mass is 532 g/mol. The number of fused-ring (bicyclic) bond motifs is 1. The van der Waals surface area contributed by atoms with Crippen molar-refractivity contribution < 1.29 is 22.0 Å². The van der Waals surface area contributed by atoms with Crippen molar-refractivity contribution >= 4 is 19.8 Å². The minimum Gasteiger partial charge on any atom is -0.411 e. The van der Waals surface area contributed by atoms with Crippen molar-refractivity contribution in [3.8, 4) is 11.8 Å². The summed E-state index contributed by atoms with van der Waals surface area (Å²) in [6, 6.07) is 8.41. The van der Waals surface area contributed by atoms with Gasteiger partial charge in [0.2, 0.25) is 0 Å². The van der Waals surface area contributed by atoms with E-state index in [0.29, 0.717) is 30.1 Å². The average Bonchev–Trinajstić information content (AvgIpc) is 3.40.